The summed E-state index contributed by atoms with van der Waals surface area (Å²) in [7, 11) is 0. The van der Waals surface area contributed by atoms with Crippen LogP contribution < -0.4 is 0 Å². The Morgan fingerprint density at radius 1 is 1.42 bits per heavy atom. The van der Waals surface area contributed by atoms with Crippen molar-refractivity contribution in [2.75, 3.05) is 26.3 Å². The third-order valence-electron chi connectivity index (χ3n) is 3.80. The van der Waals surface area contributed by atoms with Gasteiger partial charge in [-0.05, 0) is 26.0 Å². The van der Waals surface area contributed by atoms with Crippen LogP contribution >= 0.6 is 0 Å². The third kappa shape index (κ3) is 3.98. The zero-order valence-electron chi connectivity index (χ0n) is 14.0. The molecule has 0 bridgehead atoms. The van der Waals surface area contributed by atoms with Crippen molar-refractivity contribution in [3.63, 3.8) is 0 Å². The molecular formula is C17H22N4O3. The van der Waals surface area contributed by atoms with E-state index in [0.717, 1.165) is 5.69 Å². The van der Waals surface area contributed by atoms with Crippen LogP contribution in [0.3, 0.4) is 0 Å². The Morgan fingerprint density at radius 2 is 2.21 bits per heavy atom. The van der Waals surface area contributed by atoms with Crippen LogP contribution in [0.5, 0.6) is 0 Å². The Labute approximate surface area is 141 Å². The molecular weight excluding hydrogens is 308 g/mol. The number of aromatic nitrogens is 3. The van der Waals surface area contributed by atoms with Gasteiger partial charge in [0, 0.05) is 31.7 Å². The van der Waals surface area contributed by atoms with Gasteiger partial charge in [-0.25, -0.2) is 4.68 Å². The van der Waals surface area contributed by atoms with Crippen molar-refractivity contribution in [2.24, 2.45) is 0 Å². The van der Waals surface area contributed by atoms with E-state index in [9.17, 15) is 4.79 Å². The normalized spacial score (nSPS) is 18.1. The summed E-state index contributed by atoms with van der Waals surface area (Å²) in [5, 5.41) is 4.27. The molecule has 1 fully saturated rings. The van der Waals surface area contributed by atoms with E-state index in [2.05, 4.69) is 10.1 Å². The van der Waals surface area contributed by atoms with Crippen molar-refractivity contribution in [3.8, 4) is 5.69 Å². The lowest BCUT2D eigenvalue weighted by molar-refractivity contribution is -0.0725. The van der Waals surface area contributed by atoms with E-state index in [1.165, 1.54) is 0 Å². The van der Waals surface area contributed by atoms with Gasteiger partial charge < -0.3 is 14.4 Å². The van der Waals surface area contributed by atoms with Gasteiger partial charge in [-0.15, -0.1) is 0 Å². The van der Waals surface area contributed by atoms with Crippen LogP contribution in [-0.4, -0.2) is 64.1 Å². The minimum absolute atomic E-state index is 0.0341. The summed E-state index contributed by atoms with van der Waals surface area (Å²) in [5.41, 5.74) is 1.44. The van der Waals surface area contributed by atoms with Crippen molar-refractivity contribution in [1.82, 2.24) is 19.7 Å². The smallest absolute Gasteiger partial charge is 0.257 e. The van der Waals surface area contributed by atoms with E-state index >= 15 is 0 Å². The number of rotatable bonds is 5. The Balaban J connectivity index is 1.65. The quantitative estimate of drug-likeness (QED) is 0.832. The molecule has 0 saturated carbocycles. The predicted octanol–water partition coefficient (Wildman–Crippen LogP) is 1.53. The Hall–Kier alpha value is -2.25. The highest BCUT2D eigenvalue weighted by Crippen LogP contribution is 2.13. The molecule has 0 N–H and O–H groups in total. The number of nitrogens with zero attached hydrogens (tertiary/aromatic N) is 4. The molecule has 0 spiro atoms. The second-order valence-electron chi connectivity index (χ2n) is 6.01. The average Bonchev–Trinajstić information content (AvgIpc) is 3.10. The molecule has 2 aromatic rings. The molecule has 3 rings (SSSR count). The standard InChI is InChI=1S/C17H22N4O3/c1-13(2)24-12-16-11-20(7-8-23-16)17(22)14-9-19-21(10-14)15-3-5-18-6-4-15/h3-6,9-10,13,16H,7-8,11-12H2,1-2H3. The summed E-state index contributed by atoms with van der Waals surface area (Å²) in [4.78, 5) is 18.5. The summed E-state index contributed by atoms with van der Waals surface area (Å²) in [6, 6.07) is 3.69. The number of carbonyl (C=O) groups excluding carboxylic acids is 1. The number of morpholine rings is 1. The fourth-order valence-electron chi connectivity index (χ4n) is 2.56. The Morgan fingerprint density at radius 3 is 2.96 bits per heavy atom. The van der Waals surface area contributed by atoms with E-state index in [0.29, 0.717) is 31.9 Å². The summed E-state index contributed by atoms with van der Waals surface area (Å²) >= 11 is 0. The number of hydrogen-bond acceptors (Lipinski definition) is 5. The summed E-state index contributed by atoms with van der Waals surface area (Å²) in [5.74, 6) is -0.0341. The third-order valence-corrected chi connectivity index (χ3v) is 3.80. The lowest BCUT2D eigenvalue weighted by Gasteiger charge is -2.33. The molecule has 0 radical (unpaired) electrons. The molecule has 3 heterocycles. The topological polar surface area (TPSA) is 69.5 Å². The van der Waals surface area contributed by atoms with E-state index in [-0.39, 0.29) is 18.1 Å². The fourth-order valence-corrected chi connectivity index (χ4v) is 2.56. The maximum Gasteiger partial charge on any atom is 0.257 e. The molecule has 2 aromatic heterocycles. The molecule has 1 saturated heterocycles. The van der Waals surface area contributed by atoms with Gasteiger partial charge in [-0.3, -0.25) is 9.78 Å². The first-order valence-electron chi connectivity index (χ1n) is 8.11. The minimum Gasteiger partial charge on any atom is -0.376 e. The van der Waals surface area contributed by atoms with E-state index in [1.807, 2.05) is 26.0 Å². The van der Waals surface area contributed by atoms with Gasteiger partial charge in [-0.2, -0.15) is 5.10 Å². The lowest BCUT2D eigenvalue weighted by Crippen LogP contribution is -2.47. The van der Waals surface area contributed by atoms with Gasteiger partial charge in [-0.1, -0.05) is 0 Å². The van der Waals surface area contributed by atoms with Crippen LogP contribution in [0.1, 0.15) is 24.2 Å². The van der Waals surface area contributed by atoms with E-state index in [1.54, 1.807) is 34.4 Å². The highest BCUT2D eigenvalue weighted by molar-refractivity contribution is 5.93. The molecule has 0 aromatic carbocycles. The van der Waals surface area contributed by atoms with Gasteiger partial charge in [0.05, 0.1) is 42.9 Å². The van der Waals surface area contributed by atoms with Crippen molar-refractivity contribution in [1.29, 1.82) is 0 Å². The zero-order chi connectivity index (χ0) is 16.9. The van der Waals surface area contributed by atoms with Crippen molar-refractivity contribution in [2.45, 2.75) is 26.1 Å². The molecule has 1 unspecified atom stereocenters. The molecule has 128 valence electrons. The van der Waals surface area contributed by atoms with Crippen LogP contribution in [0.4, 0.5) is 0 Å². The van der Waals surface area contributed by atoms with E-state index in [4.69, 9.17) is 9.47 Å². The molecule has 7 nitrogen and oxygen atoms in total. The number of pyridine rings is 1. The molecule has 0 aliphatic carbocycles. The number of carbonyl (C=O) groups is 1. The monoisotopic (exact) mass is 330 g/mol. The number of ether oxygens (including phenoxy) is 2. The summed E-state index contributed by atoms with van der Waals surface area (Å²) in [6.45, 7) is 6.11. The first-order chi connectivity index (χ1) is 11.6. The SMILES string of the molecule is CC(C)OCC1CN(C(=O)c2cnn(-c3ccncc3)c2)CCO1. The van der Waals surface area contributed by atoms with E-state index < -0.39 is 0 Å². The lowest BCUT2D eigenvalue weighted by atomic mass is 10.2. The maximum atomic E-state index is 12.7. The Kier molecular flexibility index (Phi) is 5.22. The first kappa shape index (κ1) is 16.6. The predicted molar refractivity (Wildman–Crippen MR) is 88.1 cm³/mol. The molecule has 24 heavy (non-hydrogen) atoms. The largest absolute Gasteiger partial charge is 0.376 e. The first-order valence-corrected chi connectivity index (χ1v) is 8.11. The van der Waals surface area contributed by atoms with Crippen LogP contribution in [-0.2, 0) is 9.47 Å². The van der Waals surface area contributed by atoms with Crippen LogP contribution in [0, 0.1) is 0 Å². The molecule has 1 amide bonds. The van der Waals surface area contributed by atoms with Crippen molar-refractivity contribution >= 4 is 5.91 Å². The maximum absolute atomic E-state index is 12.7. The zero-order valence-corrected chi connectivity index (χ0v) is 14.0. The van der Waals surface area contributed by atoms with Gasteiger partial charge in [0.2, 0.25) is 0 Å². The average molecular weight is 330 g/mol. The highest BCUT2D eigenvalue weighted by atomic mass is 16.5. The summed E-state index contributed by atoms with van der Waals surface area (Å²) in [6.07, 6.45) is 6.79. The molecule has 1 aliphatic rings. The van der Waals surface area contributed by atoms with Crippen molar-refractivity contribution < 1.29 is 14.3 Å². The molecule has 1 atom stereocenters. The number of amides is 1. The van der Waals surface area contributed by atoms with Gasteiger partial charge in [0.1, 0.15) is 0 Å². The second-order valence-corrected chi connectivity index (χ2v) is 6.01. The van der Waals surface area contributed by atoms with Crippen LogP contribution in [0.2, 0.25) is 0 Å². The van der Waals surface area contributed by atoms with Gasteiger partial charge >= 0.3 is 0 Å². The van der Waals surface area contributed by atoms with Crippen molar-refractivity contribution in [3.05, 3.63) is 42.5 Å². The fraction of sp³-hybridized carbons (Fsp3) is 0.471. The minimum atomic E-state index is -0.0830. The van der Waals surface area contributed by atoms with Crippen LogP contribution in [0.15, 0.2) is 36.9 Å². The highest BCUT2D eigenvalue weighted by Gasteiger charge is 2.26. The molecule has 1 aliphatic heterocycles. The summed E-state index contributed by atoms with van der Waals surface area (Å²) < 4.78 is 12.9. The Bertz CT molecular complexity index is 671. The molecule has 7 heteroatoms. The van der Waals surface area contributed by atoms with Gasteiger partial charge in [0.15, 0.2) is 0 Å². The second kappa shape index (κ2) is 7.55. The van der Waals surface area contributed by atoms with Crippen LogP contribution in [0.25, 0.3) is 5.69 Å². The number of hydrogen-bond donors (Lipinski definition) is 0. The van der Waals surface area contributed by atoms with Gasteiger partial charge in [0.25, 0.3) is 5.91 Å².